The summed E-state index contributed by atoms with van der Waals surface area (Å²) >= 11 is 0. The Morgan fingerprint density at radius 1 is 1.31 bits per heavy atom. The van der Waals surface area contributed by atoms with Crippen LogP contribution in [0.1, 0.15) is 16.1 Å². The Morgan fingerprint density at radius 2 is 2.04 bits per heavy atom. The number of nitrogens with one attached hydrogen (secondary N) is 1. The van der Waals surface area contributed by atoms with Gasteiger partial charge in [0.15, 0.2) is 0 Å². The topological polar surface area (TPSA) is 82.7 Å². The number of nitrogens with zero attached hydrogens (tertiary/aromatic N) is 2. The standard InChI is InChI=1S/C17H20FN3O4S/c1-20(12-13-3-2-4-14(18)9-13)17(22)16-10-15(11-19-16)26(23,24)21-5-7-25-8-6-21/h2-4,9-11,19H,5-8,12H2,1H3. The summed E-state index contributed by atoms with van der Waals surface area (Å²) in [5.74, 6) is -0.750. The van der Waals surface area contributed by atoms with Crippen molar-refractivity contribution in [1.82, 2.24) is 14.2 Å². The molecule has 1 N–H and O–H groups in total. The van der Waals surface area contributed by atoms with Gasteiger partial charge in [0, 0.05) is 32.9 Å². The molecule has 0 atom stereocenters. The molecule has 26 heavy (non-hydrogen) atoms. The van der Waals surface area contributed by atoms with Gasteiger partial charge in [-0.15, -0.1) is 0 Å². The van der Waals surface area contributed by atoms with Crippen molar-refractivity contribution in [3.05, 3.63) is 53.6 Å². The van der Waals surface area contributed by atoms with Gasteiger partial charge in [0.1, 0.15) is 16.4 Å². The maximum Gasteiger partial charge on any atom is 0.270 e. The summed E-state index contributed by atoms with van der Waals surface area (Å²) in [5, 5.41) is 0. The normalized spacial score (nSPS) is 15.8. The number of morpholine rings is 1. The number of amides is 1. The number of carbonyl (C=O) groups excluding carboxylic acids is 1. The highest BCUT2D eigenvalue weighted by Gasteiger charge is 2.28. The third kappa shape index (κ3) is 3.95. The predicted molar refractivity (Wildman–Crippen MR) is 92.6 cm³/mol. The van der Waals surface area contributed by atoms with Crippen molar-refractivity contribution in [2.24, 2.45) is 0 Å². The Bertz CT molecular complexity index is 891. The molecule has 3 rings (SSSR count). The van der Waals surface area contributed by atoms with Crippen molar-refractivity contribution in [3.63, 3.8) is 0 Å². The molecule has 1 aliphatic rings. The van der Waals surface area contributed by atoms with E-state index in [1.807, 2.05) is 0 Å². The molecule has 1 fully saturated rings. The van der Waals surface area contributed by atoms with Gasteiger partial charge in [-0.1, -0.05) is 12.1 Å². The Kier molecular flexibility index (Phi) is 5.40. The lowest BCUT2D eigenvalue weighted by Gasteiger charge is -2.25. The smallest absolute Gasteiger partial charge is 0.270 e. The monoisotopic (exact) mass is 381 g/mol. The number of rotatable bonds is 5. The third-order valence-corrected chi connectivity index (χ3v) is 6.03. The van der Waals surface area contributed by atoms with Gasteiger partial charge in [0.2, 0.25) is 10.0 Å². The maximum atomic E-state index is 13.3. The first-order valence-corrected chi connectivity index (χ1v) is 9.58. The molecular formula is C17H20FN3O4S. The minimum atomic E-state index is -3.66. The molecule has 0 radical (unpaired) electrons. The van der Waals surface area contributed by atoms with Gasteiger partial charge in [0.25, 0.3) is 5.91 Å². The minimum Gasteiger partial charge on any atom is -0.379 e. The zero-order chi connectivity index (χ0) is 18.7. The molecule has 0 unspecified atom stereocenters. The van der Waals surface area contributed by atoms with E-state index in [0.717, 1.165) is 0 Å². The van der Waals surface area contributed by atoms with Crippen molar-refractivity contribution in [2.45, 2.75) is 11.4 Å². The van der Waals surface area contributed by atoms with E-state index in [1.54, 1.807) is 19.2 Å². The molecule has 140 valence electrons. The van der Waals surface area contributed by atoms with Gasteiger partial charge in [-0.2, -0.15) is 4.31 Å². The summed E-state index contributed by atoms with van der Waals surface area (Å²) in [6, 6.07) is 7.31. The predicted octanol–water partition coefficient (Wildman–Crippen LogP) is 1.45. The Hall–Kier alpha value is -2.23. The molecule has 9 heteroatoms. The number of hydrogen-bond acceptors (Lipinski definition) is 4. The number of aromatic nitrogens is 1. The minimum absolute atomic E-state index is 0.0434. The fraction of sp³-hybridized carbons (Fsp3) is 0.353. The maximum absolute atomic E-state index is 13.3. The van der Waals surface area contributed by atoms with Gasteiger partial charge in [-0.3, -0.25) is 4.79 Å². The summed E-state index contributed by atoms with van der Waals surface area (Å²) in [5.41, 5.74) is 0.810. The summed E-state index contributed by atoms with van der Waals surface area (Å²) in [4.78, 5) is 16.7. The molecule has 0 spiro atoms. The summed E-state index contributed by atoms with van der Waals surface area (Å²) < 4.78 is 45.0. The highest BCUT2D eigenvalue weighted by atomic mass is 32.2. The molecule has 2 aromatic rings. The first-order chi connectivity index (χ1) is 12.4. The molecule has 7 nitrogen and oxygen atoms in total. The van der Waals surface area contributed by atoms with Crippen LogP contribution >= 0.6 is 0 Å². The number of benzene rings is 1. The van der Waals surface area contributed by atoms with E-state index < -0.39 is 10.0 Å². The molecule has 1 aromatic carbocycles. The lowest BCUT2D eigenvalue weighted by molar-refractivity contribution is 0.0730. The average Bonchev–Trinajstić information content (AvgIpc) is 3.12. The molecule has 1 amide bonds. The molecule has 1 aliphatic heterocycles. The fourth-order valence-electron chi connectivity index (χ4n) is 2.77. The lowest BCUT2D eigenvalue weighted by atomic mass is 10.2. The third-order valence-electron chi connectivity index (χ3n) is 4.15. The number of ether oxygens (including phenoxy) is 1. The van der Waals surface area contributed by atoms with Crippen LogP contribution in [0.2, 0.25) is 0 Å². The van der Waals surface area contributed by atoms with Crippen molar-refractivity contribution in [2.75, 3.05) is 33.4 Å². The van der Waals surface area contributed by atoms with E-state index >= 15 is 0 Å². The van der Waals surface area contributed by atoms with Crippen LogP contribution in [0.3, 0.4) is 0 Å². The Balaban J connectivity index is 1.73. The summed E-state index contributed by atoms with van der Waals surface area (Å²) in [6.45, 7) is 1.49. The number of H-pyrrole nitrogens is 1. The lowest BCUT2D eigenvalue weighted by Crippen LogP contribution is -2.40. The molecule has 1 aromatic heterocycles. The van der Waals surface area contributed by atoms with Crippen molar-refractivity contribution < 1.29 is 22.3 Å². The zero-order valence-corrected chi connectivity index (χ0v) is 15.1. The van der Waals surface area contributed by atoms with Crippen LogP contribution in [-0.2, 0) is 21.3 Å². The van der Waals surface area contributed by atoms with Crippen LogP contribution in [0.4, 0.5) is 4.39 Å². The van der Waals surface area contributed by atoms with Crippen LogP contribution in [-0.4, -0.2) is 61.9 Å². The summed E-state index contributed by atoms with van der Waals surface area (Å²) in [7, 11) is -2.09. The molecular weight excluding hydrogens is 361 g/mol. The summed E-state index contributed by atoms with van der Waals surface area (Å²) in [6.07, 6.45) is 1.31. The van der Waals surface area contributed by atoms with E-state index in [4.69, 9.17) is 4.74 Å². The molecule has 1 saturated heterocycles. The van der Waals surface area contributed by atoms with Crippen LogP contribution in [0.25, 0.3) is 0 Å². The van der Waals surface area contributed by atoms with E-state index in [1.165, 1.54) is 33.6 Å². The number of carbonyl (C=O) groups is 1. The first-order valence-electron chi connectivity index (χ1n) is 8.14. The van der Waals surface area contributed by atoms with Gasteiger partial charge in [0.05, 0.1) is 13.2 Å². The van der Waals surface area contributed by atoms with Gasteiger partial charge >= 0.3 is 0 Å². The second kappa shape index (κ2) is 7.56. The zero-order valence-electron chi connectivity index (χ0n) is 14.3. The number of halogens is 1. The highest BCUT2D eigenvalue weighted by Crippen LogP contribution is 2.19. The number of sulfonamides is 1. The van der Waals surface area contributed by atoms with Crippen LogP contribution in [0.5, 0.6) is 0 Å². The largest absolute Gasteiger partial charge is 0.379 e. The van der Waals surface area contributed by atoms with Crippen molar-refractivity contribution in [3.8, 4) is 0 Å². The second-order valence-electron chi connectivity index (χ2n) is 6.06. The van der Waals surface area contributed by atoms with Crippen LogP contribution in [0.15, 0.2) is 41.4 Å². The van der Waals surface area contributed by atoms with Gasteiger partial charge < -0.3 is 14.6 Å². The van der Waals surface area contributed by atoms with Crippen LogP contribution < -0.4 is 0 Å². The second-order valence-corrected chi connectivity index (χ2v) is 7.99. The fourth-order valence-corrected chi connectivity index (χ4v) is 4.17. The molecule has 2 heterocycles. The van der Waals surface area contributed by atoms with Crippen LogP contribution in [0, 0.1) is 5.82 Å². The molecule has 0 bridgehead atoms. The van der Waals surface area contributed by atoms with Crippen molar-refractivity contribution >= 4 is 15.9 Å². The first kappa shape index (κ1) is 18.6. The highest BCUT2D eigenvalue weighted by molar-refractivity contribution is 7.89. The van der Waals surface area contributed by atoms with E-state index in [0.29, 0.717) is 18.8 Å². The van der Waals surface area contributed by atoms with E-state index in [9.17, 15) is 17.6 Å². The van der Waals surface area contributed by atoms with Gasteiger partial charge in [-0.25, -0.2) is 12.8 Å². The quantitative estimate of drug-likeness (QED) is 0.850. The average molecular weight is 381 g/mol. The molecule has 0 aliphatic carbocycles. The van der Waals surface area contributed by atoms with E-state index in [2.05, 4.69) is 4.98 Å². The number of aromatic amines is 1. The number of hydrogen-bond donors (Lipinski definition) is 1. The van der Waals surface area contributed by atoms with Crippen molar-refractivity contribution in [1.29, 1.82) is 0 Å². The SMILES string of the molecule is CN(Cc1cccc(F)c1)C(=O)c1cc(S(=O)(=O)N2CCOCC2)c[nH]1. The Labute approximate surface area is 151 Å². The molecule has 0 saturated carbocycles. The Morgan fingerprint density at radius 3 is 2.73 bits per heavy atom. The van der Waals surface area contributed by atoms with Gasteiger partial charge in [-0.05, 0) is 23.8 Å². The van der Waals surface area contributed by atoms with E-state index in [-0.39, 0.29) is 41.9 Å².